The van der Waals surface area contributed by atoms with Crippen LogP contribution in [0.2, 0.25) is 0 Å². The first-order valence-corrected chi connectivity index (χ1v) is 8.44. The molecular formula is C19H21N3O4. The first kappa shape index (κ1) is 17.7. The predicted molar refractivity (Wildman–Crippen MR) is 96.2 cm³/mol. The second kappa shape index (κ2) is 7.43. The van der Waals surface area contributed by atoms with Crippen molar-refractivity contribution in [2.45, 2.75) is 25.5 Å². The van der Waals surface area contributed by atoms with Gasteiger partial charge in [0.25, 0.3) is 11.5 Å². The Bertz CT molecular complexity index is 863. The summed E-state index contributed by atoms with van der Waals surface area (Å²) in [5.74, 6) is -0.0734. The number of benzene rings is 1. The Kier molecular flexibility index (Phi) is 5.06. The third-order valence-electron chi connectivity index (χ3n) is 4.40. The number of para-hydroxylation sites is 1. The van der Waals surface area contributed by atoms with Gasteiger partial charge in [-0.2, -0.15) is 0 Å². The van der Waals surface area contributed by atoms with E-state index in [0.29, 0.717) is 17.9 Å². The number of aromatic amines is 1. The summed E-state index contributed by atoms with van der Waals surface area (Å²) < 4.78 is 5.91. The van der Waals surface area contributed by atoms with Gasteiger partial charge in [-0.05, 0) is 31.2 Å². The Morgan fingerprint density at radius 2 is 1.92 bits per heavy atom. The van der Waals surface area contributed by atoms with Crippen LogP contribution in [0.3, 0.4) is 0 Å². The molecule has 0 saturated carbocycles. The van der Waals surface area contributed by atoms with E-state index in [1.165, 1.54) is 18.0 Å². The number of aryl methyl sites for hydroxylation is 1. The molecule has 1 aromatic carbocycles. The van der Waals surface area contributed by atoms with Crippen LogP contribution < -0.4 is 15.6 Å². The molecule has 0 aliphatic carbocycles. The van der Waals surface area contributed by atoms with Crippen molar-refractivity contribution in [2.75, 3.05) is 13.6 Å². The number of rotatable bonds is 4. The molecule has 1 aliphatic rings. The lowest BCUT2D eigenvalue weighted by atomic mass is 10.1. The number of H-pyrrole nitrogens is 1. The molecule has 0 radical (unpaired) electrons. The third kappa shape index (κ3) is 3.61. The minimum atomic E-state index is -0.679. The van der Waals surface area contributed by atoms with E-state index in [-0.39, 0.29) is 24.1 Å². The smallest absolute Gasteiger partial charge is 0.260 e. The van der Waals surface area contributed by atoms with E-state index in [1.807, 2.05) is 30.3 Å². The maximum atomic E-state index is 12.9. The lowest BCUT2D eigenvalue weighted by Gasteiger charge is -2.22. The van der Waals surface area contributed by atoms with E-state index < -0.39 is 17.5 Å². The van der Waals surface area contributed by atoms with Crippen LogP contribution in [-0.2, 0) is 4.79 Å². The van der Waals surface area contributed by atoms with Gasteiger partial charge in [-0.15, -0.1) is 0 Å². The SMILES string of the molecule is CNC(=O)[C@@H]1C[C@H](Oc2ccccc2)CN1C(=O)c1ccc(C)[nH]c1=O. The summed E-state index contributed by atoms with van der Waals surface area (Å²) in [4.78, 5) is 41.3. The van der Waals surface area contributed by atoms with Crippen molar-refractivity contribution in [1.82, 2.24) is 15.2 Å². The average molecular weight is 355 g/mol. The quantitative estimate of drug-likeness (QED) is 0.859. The average Bonchev–Trinajstić information content (AvgIpc) is 3.05. The van der Waals surface area contributed by atoms with E-state index in [2.05, 4.69) is 10.3 Å². The van der Waals surface area contributed by atoms with Crippen LogP contribution in [0.1, 0.15) is 22.5 Å². The van der Waals surface area contributed by atoms with Crippen LogP contribution in [0.4, 0.5) is 0 Å². The minimum Gasteiger partial charge on any atom is -0.488 e. The van der Waals surface area contributed by atoms with Crippen LogP contribution in [0.25, 0.3) is 0 Å². The molecule has 1 aliphatic heterocycles. The highest BCUT2D eigenvalue weighted by atomic mass is 16.5. The van der Waals surface area contributed by atoms with Gasteiger partial charge in [-0.25, -0.2) is 0 Å². The summed E-state index contributed by atoms with van der Waals surface area (Å²) in [5, 5.41) is 2.58. The van der Waals surface area contributed by atoms with Crippen LogP contribution >= 0.6 is 0 Å². The molecule has 0 spiro atoms. The Morgan fingerprint density at radius 1 is 1.19 bits per heavy atom. The van der Waals surface area contributed by atoms with Gasteiger partial charge in [-0.1, -0.05) is 18.2 Å². The molecule has 7 nitrogen and oxygen atoms in total. The lowest BCUT2D eigenvalue weighted by Crippen LogP contribution is -2.46. The zero-order chi connectivity index (χ0) is 18.7. The van der Waals surface area contributed by atoms with Crippen molar-refractivity contribution in [1.29, 1.82) is 0 Å². The molecule has 1 aromatic heterocycles. The van der Waals surface area contributed by atoms with E-state index in [9.17, 15) is 14.4 Å². The number of aromatic nitrogens is 1. The highest BCUT2D eigenvalue weighted by Crippen LogP contribution is 2.24. The van der Waals surface area contributed by atoms with Gasteiger partial charge in [0.05, 0.1) is 6.54 Å². The Hall–Kier alpha value is -3.09. The zero-order valence-corrected chi connectivity index (χ0v) is 14.7. The van der Waals surface area contributed by atoms with E-state index in [4.69, 9.17) is 4.74 Å². The molecule has 136 valence electrons. The molecule has 7 heteroatoms. The number of nitrogens with one attached hydrogen (secondary N) is 2. The van der Waals surface area contributed by atoms with Gasteiger partial charge in [0.2, 0.25) is 5.91 Å². The van der Waals surface area contributed by atoms with E-state index >= 15 is 0 Å². The van der Waals surface area contributed by atoms with Crippen LogP contribution in [0.15, 0.2) is 47.3 Å². The first-order chi connectivity index (χ1) is 12.5. The number of hydrogen-bond acceptors (Lipinski definition) is 4. The molecule has 1 fully saturated rings. The Morgan fingerprint density at radius 3 is 2.58 bits per heavy atom. The van der Waals surface area contributed by atoms with Crippen molar-refractivity contribution < 1.29 is 14.3 Å². The molecule has 0 unspecified atom stereocenters. The number of amides is 2. The fourth-order valence-electron chi connectivity index (χ4n) is 3.11. The standard InChI is InChI=1S/C19H21N3O4/c1-12-8-9-15(17(23)21-12)19(25)22-11-14(10-16(22)18(24)20-2)26-13-6-4-3-5-7-13/h3-9,14,16H,10-11H2,1-2H3,(H,20,24)(H,21,23)/t14-,16-/m0/s1. The molecule has 3 rings (SSSR count). The second-order valence-corrected chi connectivity index (χ2v) is 6.26. The molecule has 2 heterocycles. The zero-order valence-electron chi connectivity index (χ0n) is 14.7. The molecule has 1 saturated heterocycles. The number of pyridine rings is 1. The highest BCUT2D eigenvalue weighted by molar-refractivity contribution is 5.97. The van der Waals surface area contributed by atoms with Crippen LogP contribution in [0, 0.1) is 6.92 Å². The molecule has 26 heavy (non-hydrogen) atoms. The number of likely N-dealkylation sites (tertiary alicyclic amines) is 1. The van der Waals surface area contributed by atoms with Crippen molar-refractivity contribution >= 4 is 11.8 Å². The largest absolute Gasteiger partial charge is 0.488 e. The fraction of sp³-hybridized carbons (Fsp3) is 0.316. The number of hydrogen-bond donors (Lipinski definition) is 2. The maximum absolute atomic E-state index is 12.9. The van der Waals surface area contributed by atoms with Gasteiger partial charge in [0.1, 0.15) is 23.5 Å². The Balaban J connectivity index is 1.84. The van der Waals surface area contributed by atoms with Crippen molar-refractivity contribution in [3.8, 4) is 5.75 Å². The number of nitrogens with zero attached hydrogens (tertiary/aromatic N) is 1. The molecule has 2 amide bonds. The minimum absolute atomic E-state index is 0.0184. The van der Waals surface area contributed by atoms with Crippen molar-refractivity contribution in [2.24, 2.45) is 0 Å². The van der Waals surface area contributed by atoms with E-state index in [1.54, 1.807) is 13.0 Å². The summed E-state index contributed by atoms with van der Waals surface area (Å²) in [6.45, 7) is 1.97. The monoisotopic (exact) mass is 355 g/mol. The van der Waals surface area contributed by atoms with Gasteiger partial charge < -0.3 is 19.9 Å². The lowest BCUT2D eigenvalue weighted by molar-refractivity contribution is -0.124. The predicted octanol–water partition coefficient (Wildman–Crippen LogP) is 1.09. The third-order valence-corrected chi connectivity index (χ3v) is 4.40. The van der Waals surface area contributed by atoms with Gasteiger partial charge in [0.15, 0.2) is 0 Å². The van der Waals surface area contributed by atoms with Gasteiger partial charge in [-0.3, -0.25) is 14.4 Å². The summed E-state index contributed by atoms with van der Waals surface area (Å²) in [6.07, 6.45) is 0.0394. The second-order valence-electron chi connectivity index (χ2n) is 6.26. The molecule has 2 aromatic rings. The number of carbonyl (C=O) groups is 2. The van der Waals surface area contributed by atoms with E-state index in [0.717, 1.165) is 0 Å². The number of ether oxygens (including phenoxy) is 1. The number of carbonyl (C=O) groups excluding carboxylic acids is 2. The molecule has 2 atom stereocenters. The summed E-state index contributed by atoms with van der Waals surface area (Å²) in [7, 11) is 1.52. The molecular weight excluding hydrogens is 334 g/mol. The maximum Gasteiger partial charge on any atom is 0.260 e. The fourth-order valence-corrected chi connectivity index (χ4v) is 3.11. The summed E-state index contributed by atoms with van der Waals surface area (Å²) in [6, 6.07) is 11.7. The molecule has 0 bridgehead atoms. The van der Waals surface area contributed by atoms with Gasteiger partial charge >= 0.3 is 0 Å². The van der Waals surface area contributed by atoms with Crippen molar-refractivity contribution in [3.63, 3.8) is 0 Å². The van der Waals surface area contributed by atoms with Crippen LogP contribution in [0.5, 0.6) is 5.75 Å². The summed E-state index contributed by atoms with van der Waals surface area (Å²) >= 11 is 0. The molecule has 2 N–H and O–H groups in total. The topological polar surface area (TPSA) is 91.5 Å². The highest BCUT2D eigenvalue weighted by Gasteiger charge is 2.41. The normalized spacial score (nSPS) is 19.2. The summed E-state index contributed by atoms with van der Waals surface area (Å²) in [5.41, 5.74) is 0.226. The van der Waals surface area contributed by atoms with Crippen molar-refractivity contribution in [3.05, 3.63) is 64.1 Å². The Labute approximate surface area is 151 Å². The first-order valence-electron chi connectivity index (χ1n) is 8.44. The number of likely N-dealkylation sites (N-methyl/N-ethyl adjacent to an activating group) is 1. The van der Waals surface area contributed by atoms with Gasteiger partial charge in [0, 0.05) is 19.2 Å². The van der Waals surface area contributed by atoms with Crippen LogP contribution in [-0.4, -0.2) is 47.4 Å².